The van der Waals surface area contributed by atoms with Gasteiger partial charge in [0.15, 0.2) is 0 Å². The number of rotatable bonds is 6. The van der Waals surface area contributed by atoms with E-state index in [4.69, 9.17) is 39.5 Å². The second kappa shape index (κ2) is 8.38. The first-order valence-electron chi connectivity index (χ1n) is 7.11. The summed E-state index contributed by atoms with van der Waals surface area (Å²) in [6, 6.07) is 10.6. The van der Waals surface area contributed by atoms with Crippen LogP contribution in [0.25, 0.3) is 0 Å². The molecule has 0 bridgehead atoms. The van der Waals surface area contributed by atoms with Crippen LogP contribution in [0.4, 0.5) is 11.4 Å². The topological polar surface area (TPSA) is 125 Å². The number of para-hydroxylation sites is 1. The molecule has 27 heavy (non-hydrogen) atoms. The molecule has 12 heteroatoms. The van der Waals surface area contributed by atoms with Gasteiger partial charge in [-0.25, -0.2) is 0 Å². The third kappa shape index (κ3) is 5.68. The number of halogens is 3. The number of carbonyl (C=O) groups excluding carboxylic acids is 1. The molecule has 0 radical (unpaired) electrons. The Labute approximate surface area is 167 Å². The van der Waals surface area contributed by atoms with Gasteiger partial charge in [-0.3, -0.25) is 25.0 Å². The fraction of sp³-hybridized carbons (Fsp3) is 0.133. The van der Waals surface area contributed by atoms with Gasteiger partial charge in [0.25, 0.3) is 17.3 Å². The van der Waals surface area contributed by atoms with Crippen LogP contribution in [-0.2, 0) is 0 Å². The maximum Gasteiger partial charge on any atom is 0.277 e. The lowest BCUT2D eigenvalue weighted by molar-refractivity contribution is -0.394. The minimum absolute atomic E-state index is 0.277. The van der Waals surface area contributed by atoms with Crippen molar-refractivity contribution >= 4 is 52.1 Å². The smallest absolute Gasteiger partial charge is 0.277 e. The molecule has 0 saturated carbocycles. The van der Waals surface area contributed by atoms with Crippen molar-refractivity contribution in [2.45, 2.75) is 10.0 Å². The molecule has 0 saturated heterocycles. The molecule has 2 aromatic carbocycles. The van der Waals surface area contributed by atoms with E-state index in [9.17, 15) is 25.0 Å². The Morgan fingerprint density at radius 1 is 1.00 bits per heavy atom. The van der Waals surface area contributed by atoms with Crippen molar-refractivity contribution in [3.63, 3.8) is 0 Å². The molecule has 0 aromatic heterocycles. The molecule has 2 aromatic rings. The Morgan fingerprint density at radius 3 is 1.96 bits per heavy atom. The molecule has 0 spiro atoms. The summed E-state index contributed by atoms with van der Waals surface area (Å²) in [5.74, 6) is -0.687. The van der Waals surface area contributed by atoms with Gasteiger partial charge in [-0.05, 0) is 12.1 Å². The highest BCUT2D eigenvalue weighted by Crippen LogP contribution is 2.32. The molecule has 0 aliphatic heterocycles. The van der Waals surface area contributed by atoms with E-state index in [1.807, 2.05) is 0 Å². The molecular formula is C15H10Cl3N3O6. The van der Waals surface area contributed by atoms with Gasteiger partial charge in [-0.15, -0.1) is 0 Å². The summed E-state index contributed by atoms with van der Waals surface area (Å²) in [5, 5.41) is 24.1. The van der Waals surface area contributed by atoms with Crippen molar-refractivity contribution < 1.29 is 19.4 Å². The monoisotopic (exact) mass is 433 g/mol. The van der Waals surface area contributed by atoms with Crippen molar-refractivity contribution in [3.05, 3.63) is 74.3 Å². The average molecular weight is 435 g/mol. The summed E-state index contributed by atoms with van der Waals surface area (Å²) in [6.07, 6.45) is -1.48. The minimum Gasteiger partial charge on any atom is -0.466 e. The summed E-state index contributed by atoms with van der Waals surface area (Å²) in [7, 11) is 0. The van der Waals surface area contributed by atoms with Gasteiger partial charge in [0, 0.05) is 12.1 Å². The van der Waals surface area contributed by atoms with E-state index < -0.39 is 37.1 Å². The van der Waals surface area contributed by atoms with E-state index >= 15 is 0 Å². The molecule has 1 N–H and O–H groups in total. The second-order valence-electron chi connectivity index (χ2n) is 5.08. The molecule has 0 aliphatic rings. The predicted octanol–water partition coefficient (Wildman–Crippen LogP) is 4.01. The zero-order valence-electron chi connectivity index (χ0n) is 13.2. The molecule has 9 nitrogen and oxygen atoms in total. The van der Waals surface area contributed by atoms with Gasteiger partial charge in [0.1, 0.15) is 5.75 Å². The fourth-order valence-electron chi connectivity index (χ4n) is 1.95. The number of nitrogens with zero attached hydrogens (tertiary/aromatic N) is 2. The number of nitrogens with one attached hydrogen (secondary N) is 1. The van der Waals surface area contributed by atoms with Gasteiger partial charge in [0.2, 0.25) is 10.0 Å². The Morgan fingerprint density at radius 2 is 1.52 bits per heavy atom. The third-order valence-corrected chi connectivity index (χ3v) is 3.74. The van der Waals surface area contributed by atoms with Crippen molar-refractivity contribution in [1.82, 2.24) is 5.32 Å². The first-order chi connectivity index (χ1) is 12.6. The van der Waals surface area contributed by atoms with Crippen molar-refractivity contribution in [1.29, 1.82) is 0 Å². The number of hydrogen-bond acceptors (Lipinski definition) is 6. The molecule has 1 atom stereocenters. The minimum atomic E-state index is -2.10. The van der Waals surface area contributed by atoms with Gasteiger partial charge >= 0.3 is 0 Å². The van der Waals surface area contributed by atoms with Crippen LogP contribution in [0.3, 0.4) is 0 Å². The SMILES string of the molecule is O=C(N[C@H](Oc1ccccc1)C(Cl)(Cl)Cl)c1cc([N+](=O)[O-])cc([N+](=O)[O-])c1. The Balaban J connectivity index is 2.32. The summed E-state index contributed by atoms with van der Waals surface area (Å²) < 4.78 is 3.33. The highest BCUT2D eigenvalue weighted by atomic mass is 35.6. The number of benzene rings is 2. The quantitative estimate of drug-likeness (QED) is 0.317. The van der Waals surface area contributed by atoms with Crippen LogP contribution in [0.2, 0.25) is 0 Å². The number of carbonyl (C=O) groups is 1. The van der Waals surface area contributed by atoms with Gasteiger partial charge in [0.05, 0.1) is 21.5 Å². The highest BCUT2D eigenvalue weighted by Gasteiger charge is 2.37. The number of amides is 1. The first kappa shape index (κ1) is 20.7. The van der Waals surface area contributed by atoms with E-state index in [1.165, 1.54) is 0 Å². The van der Waals surface area contributed by atoms with E-state index in [2.05, 4.69) is 5.32 Å². The Bertz CT molecular complexity index is 841. The molecule has 1 amide bonds. The van der Waals surface area contributed by atoms with E-state index in [0.717, 1.165) is 18.2 Å². The van der Waals surface area contributed by atoms with Crippen LogP contribution in [0.1, 0.15) is 10.4 Å². The lowest BCUT2D eigenvalue weighted by atomic mass is 10.1. The zero-order valence-corrected chi connectivity index (χ0v) is 15.4. The highest BCUT2D eigenvalue weighted by molar-refractivity contribution is 6.68. The summed E-state index contributed by atoms with van der Waals surface area (Å²) >= 11 is 17.5. The number of non-ortho nitro benzene ring substituents is 2. The summed E-state index contributed by atoms with van der Waals surface area (Å²) in [4.78, 5) is 32.6. The summed E-state index contributed by atoms with van der Waals surface area (Å²) in [6.45, 7) is 0. The maximum atomic E-state index is 12.4. The summed E-state index contributed by atoms with van der Waals surface area (Å²) in [5.41, 5.74) is -1.64. The van der Waals surface area contributed by atoms with E-state index in [0.29, 0.717) is 0 Å². The zero-order chi connectivity index (χ0) is 20.2. The lowest BCUT2D eigenvalue weighted by Crippen LogP contribution is -2.47. The number of nitro groups is 2. The van der Waals surface area contributed by atoms with Crippen molar-refractivity contribution in [2.24, 2.45) is 0 Å². The van der Waals surface area contributed by atoms with Gasteiger partial charge < -0.3 is 10.1 Å². The molecule has 0 aliphatic carbocycles. The van der Waals surface area contributed by atoms with Crippen LogP contribution >= 0.6 is 34.8 Å². The van der Waals surface area contributed by atoms with Gasteiger partial charge in [-0.1, -0.05) is 53.0 Å². The predicted molar refractivity (Wildman–Crippen MR) is 98.4 cm³/mol. The molecule has 142 valence electrons. The van der Waals surface area contributed by atoms with Crippen LogP contribution in [-0.4, -0.2) is 25.8 Å². The first-order valence-corrected chi connectivity index (χ1v) is 8.24. The molecular weight excluding hydrogens is 425 g/mol. The van der Waals surface area contributed by atoms with E-state index in [-0.39, 0.29) is 11.3 Å². The normalized spacial score (nSPS) is 12.1. The molecule has 0 unspecified atom stereocenters. The number of nitro benzene ring substituents is 2. The number of alkyl halides is 3. The van der Waals surface area contributed by atoms with Gasteiger partial charge in [-0.2, -0.15) is 0 Å². The largest absolute Gasteiger partial charge is 0.466 e. The van der Waals surface area contributed by atoms with Crippen molar-refractivity contribution in [2.75, 3.05) is 0 Å². The second-order valence-corrected chi connectivity index (χ2v) is 7.45. The third-order valence-electron chi connectivity index (χ3n) is 3.14. The number of hydrogen-bond donors (Lipinski definition) is 1. The molecule has 0 heterocycles. The lowest BCUT2D eigenvalue weighted by Gasteiger charge is -2.26. The van der Waals surface area contributed by atoms with Crippen LogP contribution < -0.4 is 10.1 Å². The van der Waals surface area contributed by atoms with Crippen LogP contribution in [0, 0.1) is 20.2 Å². The Hall–Kier alpha value is -2.62. The van der Waals surface area contributed by atoms with Crippen LogP contribution in [0.15, 0.2) is 48.5 Å². The van der Waals surface area contributed by atoms with E-state index in [1.54, 1.807) is 30.3 Å². The average Bonchev–Trinajstić information content (AvgIpc) is 2.60. The fourth-order valence-corrected chi connectivity index (χ4v) is 2.25. The molecule has 0 fully saturated rings. The standard InChI is InChI=1S/C15H10Cl3N3O6/c16-15(17,18)14(27-12-4-2-1-3-5-12)19-13(22)9-6-10(20(23)24)8-11(7-9)21(25)26/h1-8,14H,(H,19,22)/t14-/m1/s1. The molecule has 2 rings (SSSR count). The number of ether oxygens (including phenoxy) is 1. The van der Waals surface area contributed by atoms with Crippen molar-refractivity contribution in [3.8, 4) is 5.75 Å². The Kier molecular flexibility index (Phi) is 6.42. The maximum absolute atomic E-state index is 12.4. The van der Waals surface area contributed by atoms with Crippen LogP contribution in [0.5, 0.6) is 5.75 Å².